The van der Waals surface area contributed by atoms with Crippen molar-refractivity contribution >= 4 is 5.91 Å². The van der Waals surface area contributed by atoms with Gasteiger partial charge in [0.05, 0.1) is 23.9 Å². The van der Waals surface area contributed by atoms with Gasteiger partial charge in [0.25, 0.3) is 5.91 Å². The molecule has 0 unspecified atom stereocenters. The summed E-state index contributed by atoms with van der Waals surface area (Å²) in [5, 5.41) is 18.9. The maximum atomic E-state index is 12.8. The van der Waals surface area contributed by atoms with Crippen LogP contribution in [-0.4, -0.2) is 61.7 Å². The molecule has 2 N–H and O–H groups in total. The maximum absolute atomic E-state index is 12.8. The lowest BCUT2D eigenvalue weighted by Crippen LogP contribution is -2.38. The summed E-state index contributed by atoms with van der Waals surface area (Å²) in [6, 6.07) is 1.92. The summed E-state index contributed by atoms with van der Waals surface area (Å²) in [7, 11) is 0. The molecule has 3 aliphatic rings. The summed E-state index contributed by atoms with van der Waals surface area (Å²) >= 11 is 0. The number of likely N-dealkylation sites (tertiary alicyclic amines) is 1. The van der Waals surface area contributed by atoms with Crippen LogP contribution in [0.15, 0.2) is 24.7 Å². The predicted molar refractivity (Wildman–Crippen MR) is 110 cm³/mol. The number of hydrogen-bond donors (Lipinski definition) is 2. The fourth-order valence-electron chi connectivity index (χ4n) is 4.92. The molecule has 1 saturated heterocycles. The number of nitrogens with one attached hydrogen (secondary N) is 1. The number of aromatic amines is 1. The zero-order valence-electron chi connectivity index (χ0n) is 17.7. The highest BCUT2D eigenvalue weighted by Crippen LogP contribution is 2.43. The lowest BCUT2D eigenvalue weighted by molar-refractivity contribution is -0.0376. The number of nitrogens with zero attached hydrogens (tertiary/aromatic N) is 4. The smallest absolute Gasteiger partial charge is 0.255 e. The standard InChI is InChI=1S/C22H31N5O3/c1-22(2,29)20-12-27(25-24-20)18-7-16-10-26(21(28)15-5-6-23-9-15)11-17(16)8-19(18)30-13-14-3-4-14/h5-6,9,12,14,16-19,23,29H,3-4,7-8,10-11,13H2,1-2H3/t16-,17+,18-,19-/m1/s1. The van der Waals surface area contributed by atoms with Crippen LogP contribution in [-0.2, 0) is 10.3 Å². The van der Waals surface area contributed by atoms with E-state index in [2.05, 4.69) is 15.3 Å². The van der Waals surface area contributed by atoms with Gasteiger partial charge in [-0.25, -0.2) is 4.68 Å². The molecule has 3 heterocycles. The fraction of sp³-hybridized carbons (Fsp3) is 0.682. The van der Waals surface area contributed by atoms with Crippen molar-refractivity contribution in [3.05, 3.63) is 35.9 Å². The third-order valence-electron chi connectivity index (χ3n) is 6.94. The average Bonchev–Trinajstić information content (AvgIpc) is 3.14. The van der Waals surface area contributed by atoms with Crippen molar-refractivity contribution in [3.63, 3.8) is 0 Å². The van der Waals surface area contributed by atoms with E-state index >= 15 is 0 Å². The molecule has 162 valence electrons. The van der Waals surface area contributed by atoms with Gasteiger partial charge in [0.1, 0.15) is 11.3 Å². The average molecular weight is 414 g/mol. The van der Waals surface area contributed by atoms with E-state index in [0.717, 1.165) is 38.1 Å². The number of aromatic nitrogens is 4. The SMILES string of the molecule is CC(C)(O)c1cn([C@@H]2C[C@@H]3CN(C(=O)c4cc[nH]c4)C[C@@H]3C[C@H]2OCC2CC2)nn1. The monoisotopic (exact) mass is 413 g/mol. The van der Waals surface area contributed by atoms with Gasteiger partial charge in [-0.05, 0) is 63.4 Å². The summed E-state index contributed by atoms with van der Waals surface area (Å²) in [4.78, 5) is 17.8. The Kier molecular flexibility index (Phi) is 4.94. The number of amides is 1. The Morgan fingerprint density at radius 3 is 2.70 bits per heavy atom. The molecule has 2 aliphatic carbocycles. The molecule has 4 atom stereocenters. The maximum Gasteiger partial charge on any atom is 0.255 e. The van der Waals surface area contributed by atoms with E-state index in [0.29, 0.717) is 23.4 Å². The van der Waals surface area contributed by atoms with Crippen molar-refractivity contribution in [2.45, 2.75) is 57.3 Å². The molecule has 2 aromatic rings. The Morgan fingerprint density at radius 2 is 2.07 bits per heavy atom. The molecular formula is C22H31N5O3. The number of ether oxygens (including phenoxy) is 1. The molecule has 1 aliphatic heterocycles. The largest absolute Gasteiger partial charge is 0.384 e. The van der Waals surface area contributed by atoms with Crippen molar-refractivity contribution in [1.29, 1.82) is 0 Å². The van der Waals surface area contributed by atoms with Crippen molar-refractivity contribution in [2.24, 2.45) is 17.8 Å². The Labute approximate surface area is 176 Å². The third kappa shape index (κ3) is 3.90. The van der Waals surface area contributed by atoms with Crippen LogP contribution in [0.1, 0.15) is 61.6 Å². The molecule has 8 heteroatoms. The number of fused-ring (bicyclic) bond motifs is 1. The van der Waals surface area contributed by atoms with Gasteiger partial charge in [-0.15, -0.1) is 5.10 Å². The van der Waals surface area contributed by atoms with Crippen molar-refractivity contribution < 1.29 is 14.6 Å². The highest BCUT2D eigenvalue weighted by Gasteiger charge is 2.45. The Bertz CT molecular complexity index is 883. The molecular weight excluding hydrogens is 382 g/mol. The second-order valence-electron chi connectivity index (χ2n) is 9.83. The van der Waals surface area contributed by atoms with Gasteiger partial charge in [0.2, 0.25) is 0 Å². The first kappa shape index (κ1) is 19.8. The molecule has 0 spiro atoms. The van der Waals surface area contributed by atoms with Crippen molar-refractivity contribution in [1.82, 2.24) is 24.9 Å². The van der Waals surface area contributed by atoms with Gasteiger partial charge in [-0.1, -0.05) is 5.21 Å². The van der Waals surface area contributed by atoms with Gasteiger partial charge in [-0.2, -0.15) is 0 Å². The van der Waals surface area contributed by atoms with Crippen LogP contribution in [0.5, 0.6) is 0 Å². The van der Waals surface area contributed by atoms with Crippen LogP contribution in [0.4, 0.5) is 0 Å². The van der Waals surface area contributed by atoms with Gasteiger partial charge in [0, 0.05) is 32.1 Å². The first-order valence-electron chi connectivity index (χ1n) is 11.1. The van der Waals surface area contributed by atoms with Crippen LogP contribution in [0.2, 0.25) is 0 Å². The molecule has 2 saturated carbocycles. The van der Waals surface area contributed by atoms with E-state index in [9.17, 15) is 9.90 Å². The number of carbonyl (C=O) groups excluding carboxylic acids is 1. The normalized spacial score (nSPS) is 29.2. The molecule has 5 rings (SSSR count). The molecule has 8 nitrogen and oxygen atoms in total. The number of rotatable bonds is 6. The molecule has 1 amide bonds. The van der Waals surface area contributed by atoms with E-state index in [-0.39, 0.29) is 18.1 Å². The molecule has 0 radical (unpaired) electrons. The van der Waals surface area contributed by atoms with Crippen LogP contribution in [0.25, 0.3) is 0 Å². The summed E-state index contributed by atoms with van der Waals surface area (Å²) in [5.41, 5.74) is 0.270. The molecule has 0 aromatic carbocycles. The van der Waals surface area contributed by atoms with Crippen LogP contribution in [0.3, 0.4) is 0 Å². The topological polar surface area (TPSA) is 96.3 Å². The minimum absolute atomic E-state index is 0.0607. The lowest BCUT2D eigenvalue weighted by atomic mass is 9.77. The summed E-state index contributed by atoms with van der Waals surface area (Å²) in [5.74, 6) is 1.67. The minimum atomic E-state index is -1.02. The van der Waals surface area contributed by atoms with Gasteiger partial charge >= 0.3 is 0 Å². The first-order chi connectivity index (χ1) is 14.4. The summed E-state index contributed by atoms with van der Waals surface area (Å²) < 4.78 is 8.27. The third-order valence-corrected chi connectivity index (χ3v) is 6.94. The van der Waals surface area contributed by atoms with Gasteiger partial charge in [0.15, 0.2) is 0 Å². The first-order valence-corrected chi connectivity index (χ1v) is 11.1. The van der Waals surface area contributed by atoms with E-state index < -0.39 is 5.60 Å². The van der Waals surface area contributed by atoms with E-state index in [1.807, 2.05) is 21.8 Å². The Hall–Kier alpha value is -2.19. The van der Waals surface area contributed by atoms with Crippen molar-refractivity contribution in [2.75, 3.05) is 19.7 Å². The van der Waals surface area contributed by atoms with E-state index in [4.69, 9.17) is 4.74 Å². The van der Waals surface area contributed by atoms with Gasteiger partial charge < -0.3 is 19.7 Å². The number of aliphatic hydroxyl groups is 1. The highest BCUT2D eigenvalue weighted by atomic mass is 16.5. The quantitative estimate of drug-likeness (QED) is 0.758. The predicted octanol–water partition coefficient (Wildman–Crippen LogP) is 2.35. The number of carbonyl (C=O) groups is 1. The molecule has 30 heavy (non-hydrogen) atoms. The van der Waals surface area contributed by atoms with E-state index in [1.165, 1.54) is 12.8 Å². The fourth-order valence-corrected chi connectivity index (χ4v) is 4.92. The molecule has 0 bridgehead atoms. The molecule has 3 fully saturated rings. The zero-order chi connectivity index (χ0) is 20.9. The molecule has 2 aromatic heterocycles. The highest BCUT2D eigenvalue weighted by molar-refractivity contribution is 5.94. The second-order valence-corrected chi connectivity index (χ2v) is 9.83. The van der Waals surface area contributed by atoms with Crippen LogP contribution < -0.4 is 0 Å². The Balaban J connectivity index is 1.34. The van der Waals surface area contributed by atoms with Crippen LogP contribution >= 0.6 is 0 Å². The summed E-state index contributed by atoms with van der Waals surface area (Å²) in [6.07, 6.45) is 9.83. The van der Waals surface area contributed by atoms with E-state index in [1.54, 1.807) is 26.2 Å². The second kappa shape index (κ2) is 7.50. The Morgan fingerprint density at radius 1 is 1.30 bits per heavy atom. The lowest BCUT2D eigenvalue weighted by Gasteiger charge is -2.37. The number of H-pyrrole nitrogens is 1. The number of hydrogen-bond acceptors (Lipinski definition) is 5. The minimum Gasteiger partial charge on any atom is -0.384 e. The summed E-state index contributed by atoms with van der Waals surface area (Å²) in [6.45, 7) is 5.81. The van der Waals surface area contributed by atoms with Gasteiger partial charge in [-0.3, -0.25) is 4.79 Å². The van der Waals surface area contributed by atoms with Crippen LogP contribution in [0, 0.1) is 17.8 Å². The zero-order valence-corrected chi connectivity index (χ0v) is 17.7. The van der Waals surface area contributed by atoms with Crippen molar-refractivity contribution in [3.8, 4) is 0 Å².